The average Bonchev–Trinajstić information content (AvgIpc) is 3.09. The van der Waals surface area contributed by atoms with Crippen LogP contribution in [-0.2, 0) is 11.2 Å². The van der Waals surface area contributed by atoms with Crippen LogP contribution in [0, 0.1) is 16.9 Å². The molecule has 4 fully saturated rings. The van der Waals surface area contributed by atoms with E-state index in [9.17, 15) is 14.4 Å². The molecule has 4 aliphatic heterocycles. The Hall–Kier alpha value is -1.50. The van der Waals surface area contributed by atoms with Gasteiger partial charge in [0.05, 0.1) is 13.1 Å². The van der Waals surface area contributed by atoms with E-state index in [0.29, 0.717) is 19.0 Å². The minimum atomic E-state index is -0.393. The molecular weight excluding hydrogens is 333 g/mol. The number of benzene rings is 1. The van der Waals surface area contributed by atoms with Crippen LogP contribution in [0.5, 0.6) is 0 Å². The fourth-order valence-electron chi connectivity index (χ4n) is 4.82. The van der Waals surface area contributed by atoms with Crippen LogP contribution in [0.1, 0.15) is 31.2 Å². The molecule has 0 radical (unpaired) electrons. The van der Waals surface area contributed by atoms with Crippen LogP contribution in [0.2, 0.25) is 0 Å². The maximum Gasteiger partial charge on any atom is 0.278 e. The van der Waals surface area contributed by atoms with E-state index in [1.807, 2.05) is 12.1 Å². The number of fused-ring (bicyclic) bond motifs is 3. The largest absolute Gasteiger partial charge is 0.632 e. The topological polar surface area (TPSA) is 55.4 Å². The molecule has 0 saturated carbocycles. The van der Waals surface area contributed by atoms with Crippen LogP contribution in [0.15, 0.2) is 24.3 Å². The van der Waals surface area contributed by atoms with Crippen molar-refractivity contribution in [1.29, 1.82) is 0 Å². The van der Waals surface area contributed by atoms with Crippen molar-refractivity contribution in [1.82, 2.24) is 10.2 Å². The molecule has 4 heterocycles. The molecule has 0 aromatic heterocycles. The summed E-state index contributed by atoms with van der Waals surface area (Å²) in [6.45, 7) is 3.91. The lowest BCUT2D eigenvalue weighted by Crippen LogP contribution is -2.65. The van der Waals surface area contributed by atoms with Crippen LogP contribution in [0.4, 0.5) is 4.39 Å². The normalized spacial score (nSPS) is 34.2. The van der Waals surface area contributed by atoms with Gasteiger partial charge in [0.2, 0.25) is 0 Å². The van der Waals surface area contributed by atoms with Crippen molar-refractivity contribution < 1.29 is 13.8 Å². The Kier molecular flexibility index (Phi) is 4.99. The van der Waals surface area contributed by atoms with Gasteiger partial charge >= 0.3 is 0 Å². The standard InChI is InChI=1S/C20H28FN3O2/c21-17-3-1-15(2-4-17)5-9-23-10-6-18(14-23)22-20(25)19-13-16-7-11-24(19,26)12-8-16/h1-4,16,18-19H,5-14H2,(H,22,25). The number of hydroxylamine groups is 3. The van der Waals surface area contributed by atoms with E-state index in [4.69, 9.17) is 0 Å². The Labute approximate surface area is 154 Å². The Balaban J connectivity index is 1.25. The number of nitrogens with zero attached hydrogens (tertiary/aromatic N) is 2. The molecule has 4 aliphatic rings. The van der Waals surface area contributed by atoms with Crippen molar-refractivity contribution >= 4 is 5.91 Å². The molecule has 1 amide bonds. The molecule has 4 saturated heterocycles. The molecule has 6 heteroatoms. The minimum Gasteiger partial charge on any atom is -0.632 e. The van der Waals surface area contributed by atoms with Crippen LogP contribution < -0.4 is 5.32 Å². The summed E-state index contributed by atoms with van der Waals surface area (Å²) in [7, 11) is 0. The fourth-order valence-corrected chi connectivity index (χ4v) is 4.82. The van der Waals surface area contributed by atoms with Crippen molar-refractivity contribution in [2.24, 2.45) is 5.92 Å². The van der Waals surface area contributed by atoms with Crippen LogP contribution in [-0.4, -0.2) is 60.3 Å². The summed E-state index contributed by atoms with van der Waals surface area (Å²) in [5.74, 6) is 0.328. The second kappa shape index (κ2) is 7.25. The molecule has 1 N–H and O–H groups in total. The van der Waals surface area contributed by atoms with Crippen molar-refractivity contribution in [2.45, 2.75) is 44.2 Å². The molecular formula is C20H28FN3O2. The molecule has 2 bridgehead atoms. The summed E-state index contributed by atoms with van der Waals surface area (Å²) in [4.78, 5) is 15.0. The van der Waals surface area contributed by atoms with Crippen molar-refractivity contribution in [3.8, 4) is 0 Å². The number of hydrogen-bond acceptors (Lipinski definition) is 3. The Bertz CT molecular complexity index is 643. The first-order chi connectivity index (χ1) is 12.5. The number of likely N-dealkylation sites (tertiary alicyclic amines) is 1. The first-order valence-electron chi connectivity index (χ1n) is 9.87. The number of nitrogens with one attached hydrogen (secondary N) is 1. The van der Waals surface area contributed by atoms with Gasteiger partial charge in [-0.1, -0.05) is 12.1 Å². The molecule has 26 heavy (non-hydrogen) atoms. The zero-order chi connectivity index (χ0) is 18.1. The van der Waals surface area contributed by atoms with Crippen LogP contribution >= 0.6 is 0 Å². The van der Waals surface area contributed by atoms with E-state index in [-0.39, 0.29) is 22.4 Å². The lowest BCUT2D eigenvalue weighted by atomic mass is 9.82. The summed E-state index contributed by atoms with van der Waals surface area (Å²) in [5, 5.41) is 16.0. The number of halogens is 1. The van der Waals surface area contributed by atoms with Gasteiger partial charge in [0.1, 0.15) is 5.82 Å². The number of rotatable bonds is 5. The SMILES string of the molecule is O=C(NC1CCN(CCc2ccc(F)cc2)C1)C1CC2CC[N+]1([O-])CC2. The number of hydrogen-bond donors (Lipinski definition) is 1. The number of piperidine rings is 3. The lowest BCUT2D eigenvalue weighted by Gasteiger charge is -2.56. The molecule has 5 rings (SSSR count). The smallest absolute Gasteiger partial charge is 0.278 e. The molecule has 0 spiro atoms. The maximum absolute atomic E-state index is 13.0. The molecule has 142 valence electrons. The first kappa shape index (κ1) is 17.9. The number of carbonyl (C=O) groups excluding carboxylic acids is 1. The Morgan fingerprint density at radius 2 is 1.96 bits per heavy atom. The van der Waals surface area contributed by atoms with Gasteiger partial charge in [-0.05, 0) is 36.5 Å². The van der Waals surface area contributed by atoms with Crippen LogP contribution in [0.25, 0.3) is 0 Å². The van der Waals surface area contributed by atoms with E-state index in [2.05, 4.69) is 10.2 Å². The van der Waals surface area contributed by atoms with E-state index in [1.54, 1.807) is 0 Å². The van der Waals surface area contributed by atoms with Gasteiger partial charge in [-0.2, -0.15) is 0 Å². The molecule has 1 aromatic carbocycles. The van der Waals surface area contributed by atoms with Gasteiger partial charge in [0, 0.05) is 44.9 Å². The Morgan fingerprint density at radius 3 is 2.65 bits per heavy atom. The van der Waals surface area contributed by atoms with Gasteiger partial charge in [-0.25, -0.2) is 4.39 Å². The monoisotopic (exact) mass is 361 g/mol. The summed E-state index contributed by atoms with van der Waals surface area (Å²) >= 11 is 0. The third kappa shape index (κ3) is 3.77. The highest BCUT2D eigenvalue weighted by Gasteiger charge is 2.46. The lowest BCUT2D eigenvalue weighted by molar-refractivity contribution is -0.912. The van der Waals surface area contributed by atoms with E-state index >= 15 is 0 Å². The predicted molar refractivity (Wildman–Crippen MR) is 97.6 cm³/mol. The van der Waals surface area contributed by atoms with Gasteiger partial charge in [-0.3, -0.25) is 4.79 Å². The quantitative estimate of drug-likeness (QED) is 0.645. The summed E-state index contributed by atoms with van der Waals surface area (Å²) < 4.78 is 12.7. The zero-order valence-corrected chi connectivity index (χ0v) is 15.2. The second-order valence-electron chi connectivity index (χ2n) is 8.27. The van der Waals surface area contributed by atoms with Gasteiger partial charge in [0.25, 0.3) is 5.91 Å². The zero-order valence-electron chi connectivity index (χ0n) is 15.2. The number of quaternary nitrogens is 1. The average molecular weight is 361 g/mol. The van der Waals surface area contributed by atoms with E-state index < -0.39 is 6.04 Å². The molecule has 0 aliphatic carbocycles. The van der Waals surface area contributed by atoms with Gasteiger partial charge < -0.3 is 20.1 Å². The Morgan fingerprint density at radius 1 is 1.23 bits per heavy atom. The third-order valence-electron chi connectivity index (χ3n) is 6.51. The number of carbonyl (C=O) groups is 1. The summed E-state index contributed by atoms with van der Waals surface area (Å²) in [6, 6.07) is 6.40. The van der Waals surface area contributed by atoms with E-state index in [1.165, 1.54) is 12.1 Å². The highest BCUT2D eigenvalue weighted by Crippen LogP contribution is 2.37. The van der Waals surface area contributed by atoms with Gasteiger partial charge in [-0.15, -0.1) is 0 Å². The fraction of sp³-hybridized carbons (Fsp3) is 0.650. The first-order valence-corrected chi connectivity index (χ1v) is 9.87. The second-order valence-corrected chi connectivity index (χ2v) is 8.27. The number of amides is 1. The van der Waals surface area contributed by atoms with Crippen molar-refractivity contribution in [3.63, 3.8) is 0 Å². The predicted octanol–water partition coefficient (Wildman–Crippen LogP) is 2.06. The molecule has 2 unspecified atom stereocenters. The summed E-state index contributed by atoms with van der Waals surface area (Å²) in [5.41, 5.74) is 1.13. The molecule has 5 nitrogen and oxygen atoms in total. The molecule has 2 atom stereocenters. The minimum absolute atomic E-state index is 0.0326. The van der Waals surface area contributed by atoms with Gasteiger partial charge in [0.15, 0.2) is 6.04 Å². The van der Waals surface area contributed by atoms with Crippen LogP contribution in [0.3, 0.4) is 0 Å². The van der Waals surface area contributed by atoms with E-state index in [0.717, 1.165) is 57.3 Å². The highest BCUT2D eigenvalue weighted by atomic mass is 19.1. The third-order valence-corrected chi connectivity index (χ3v) is 6.51. The maximum atomic E-state index is 13.0. The highest BCUT2D eigenvalue weighted by molar-refractivity contribution is 5.81. The summed E-state index contributed by atoms with van der Waals surface area (Å²) in [6.07, 6.45) is 4.54. The van der Waals surface area contributed by atoms with Crippen molar-refractivity contribution in [2.75, 3.05) is 32.7 Å². The van der Waals surface area contributed by atoms with Crippen molar-refractivity contribution in [3.05, 3.63) is 40.9 Å². The molecule has 1 aromatic rings.